The zero-order chi connectivity index (χ0) is 20.4. The minimum absolute atomic E-state index is 0.000475. The number of para-hydroxylation sites is 3. The fourth-order valence-electron chi connectivity index (χ4n) is 2.95. The van der Waals surface area contributed by atoms with Crippen LogP contribution in [0.2, 0.25) is 0 Å². The third-order valence-electron chi connectivity index (χ3n) is 4.39. The molecule has 1 atom stereocenters. The maximum atomic E-state index is 12.5. The Kier molecular flexibility index (Phi) is 4.88. The predicted molar refractivity (Wildman–Crippen MR) is 106 cm³/mol. The molecule has 4 rings (SSSR count). The van der Waals surface area contributed by atoms with Crippen LogP contribution < -0.4 is 15.4 Å². The van der Waals surface area contributed by atoms with Crippen LogP contribution in [0.3, 0.4) is 0 Å². The smallest absolute Gasteiger partial charge is 0.287 e. The number of ether oxygens (including phenoxy) is 1. The van der Waals surface area contributed by atoms with E-state index in [1.165, 1.54) is 7.11 Å². The molecule has 4 N–H and O–H groups in total. The molecule has 0 spiro atoms. The van der Waals surface area contributed by atoms with Crippen molar-refractivity contribution in [2.45, 2.75) is 6.04 Å². The van der Waals surface area contributed by atoms with E-state index < -0.39 is 24.5 Å². The molecule has 0 saturated heterocycles. The molecule has 0 fully saturated rings. The summed E-state index contributed by atoms with van der Waals surface area (Å²) in [7, 11) is 1.50. The number of aliphatic hydroxyl groups excluding tert-OH is 1. The van der Waals surface area contributed by atoms with Gasteiger partial charge in [-0.05, 0) is 24.3 Å². The van der Waals surface area contributed by atoms with E-state index in [4.69, 9.17) is 9.15 Å². The minimum Gasteiger partial charge on any atom is -0.493 e. The van der Waals surface area contributed by atoms with Crippen LogP contribution in [0.1, 0.15) is 10.6 Å². The Hall–Kier alpha value is -3.85. The van der Waals surface area contributed by atoms with E-state index in [9.17, 15) is 14.7 Å². The fourth-order valence-corrected chi connectivity index (χ4v) is 2.95. The van der Waals surface area contributed by atoms with E-state index >= 15 is 0 Å². The van der Waals surface area contributed by atoms with Crippen molar-refractivity contribution in [3.05, 3.63) is 54.3 Å². The molecule has 2 amide bonds. The average molecular weight is 394 g/mol. The first-order chi connectivity index (χ1) is 14.1. The Balaban J connectivity index is 1.49. The maximum Gasteiger partial charge on any atom is 0.287 e. The molecule has 29 heavy (non-hydrogen) atoms. The van der Waals surface area contributed by atoms with Crippen molar-refractivity contribution in [3.8, 4) is 5.75 Å². The van der Waals surface area contributed by atoms with Gasteiger partial charge in [0, 0.05) is 5.39 Å². The molecule has 2 heterocycles. The number of carbonyl (C=O) groups excluding carboxylic acids is 2. The summed E-state index contributed by atoms with van der Waals surface area (Å²) in [5.74, 6) is -0.546. The van der Waals surface area contributed by atoms with Gasteiger partial charge in [0.1, 0.15) is 6.04 Å². The fraction of sp³-hybridized carbons (Fsp3) is 0.150. The topological polar surface area (TPSA) is 129 Å². The summed E-state index contributed by atoms with van der Waals surface area (Å²) in [5.41, 5.74) is 1.86. The number of H-pyrrole nitrogens is 1. The van der Waals surface area contributed by atoms with Crippen LogP contribution in [0.25, 0.3) is 22.0 Å². The van der Waals surface area contributed by atoms with Gasteiger partial charge in [-0.15, -0.1) is 0 Å². The summed E-state index contributed by atoms with van der Waals surface area (Å²) < 4.78 is 10.8. The van der Waals surface area contributed by atoms with Gasteiger partial charge in [-0.25, -0.2) is 4.98 Å². The highest BCUT2D eigenvalue weighted by molar-refractivity contribution is 6.02. The number of hydrogen-bond acceptors (Lipinski definition) is 6. The molecule has 2 aromatic heterocycles. The van der Waals surface area contributed by atoms with Crippen molar-refractivity contribution in [2.24, 2.45) is 0 Å². The third kappa shape index (κ3) is 3.63. The normalized spacial score (nSPS) is 12.1. The zero-order valence-corrected chi connectivity index (χ0v) is 15.4. The number of nitrogens with zero attached hydrogens (tertiary/aromatic N) is 1. The maximum absolute atomic E-state index is 12.5. The lowest BCUT2D eigenvalue weighted by atomic mass is 10.2. The first-order valence-corrected chi connectivity index (χ1v) is 8.83. The van der Waals surface area contributed by atoms with E-state index in [0.717, 1.165) is 5.52 Å². The molecule has 0 saturated carbocycles. The number of fused-ring (bicyclic) bond motifs is 2. The summed E-state index contributed by atoms with van der Waals surface area (Å²) in [6.45, 7) is -0.596. The van der Waals surface area contributed by atoms with Gasteiger partial charge in [-0.2, -0.15) is 0 Å². The number of furan rings is 1. The highest BCUT2D eigenvalue weighted by atomic mass is 16.5. The van der Waals surface area contributed by atoms with Gasteiger partial charge < -0.3 is 24.6 Å². The van der Waals surface area contributed by atoms with Crippen LogP contribution in [0.4, 0.5) is 5.95 Å². The van der Waals surface area contributed by atoms with Crippen molar-refractivity contribution in [1.29, 1.82) is 0 Å². The van der Waals surface area contributed by atoms with Crippen LogP contribution in [0.15, 0.2) is 52.9 Å². The molecule has 148 valence electrons. The standard InChI is InChI=1S/C20H18N4O5/c1-28-15-8-4-5-11-9-16(29-17(11)15)19(27)21-14(10-25)18(26)24-20-22-12-6-2-3-7-13(12)23-20/h2-9,14,25H,10H2,1H3,(H,21,27)(H2,22,23,24,26)/t14-/m0/s1. The molecule has 0 bridgehead atoms. The van der Waals surface area contributed by atoms with E-state index in [1.807, 2.05) is 18.2 Å². The van der Waals surface area contributed by atoms with Crippen molar-refractivity contribution in [3.63, 3.8) is 0 Å². The van der Waals surface area contributed by atoms with Crippen LogP contribution >= 0.6 is 0 Å². The number of anilines is 1. The molecule has 2 aromatic carbocycles. The van der Waals surface area contributed by atoms with E-state index in [-0.39, 0.29) is 11.7 Å². The molecule has 0 aliphatic heterocycles. The van der Waals surface area contributed by atoms with Gasteiger partial charge >= 0.3 is 0 Å². The Morgan fingerprint density at radius 1 is 1.24 bits per heavy atom. The molecule has 0 aliphatic carbocycles. The predicted octanol–water partition coefficient (Wildman–Crippen LogP) is 2.05. The number of nitrogens with one attached hydrogen (secondary N) is 3. The number of benzene rings is 2. The Morgan fingerprint density at radius 2 is 2.07 bits per heavy atom. The van der Waals surface area contributed by atoms with E-state index in [0.29, 0.717) is 22.2 Å². The van der Waals surface area contributed by atoms with Gasteiger partial charge in [0.05, 0.1) is 24.8 Å². The molecular formula is C20H18N4O5. The lowest BCUT2D eigenvalue weighted by Crippen LogP contribution is -2.46. The lowest BCUT2D eigenvalue weighted by Gasteiger charge is -2.14. The molecule has 9 heteroatoms. The van der Waals surface area contributed by atoms with Crippen LogP contribution in [-0.4, -0.2) is 46.6 Å². The number of carbonyl (C=O) groups is 2. The summed E-state index contributed by atoms with van der Waals surface area (Å²) in [5, 5.41) is 15.3. The van der Waals surface area contributed by atoms with Gasteiger partial charge in [0.15, 0.2) is 17.1 Å². The van der Waals surface area contributed by atoms with Crippen molar-refractivity contribution in [1.82, 2.24) is 15.3 Å². The first kappa shape index (κ1) is 18.5. The number of aliphatic hydroxyl groups is 1. The second-order valence-electron chi connectivity index (χ2n) is 6.29. The molecule has 0 aliphatic rings. The van der Waals surface area contributed by atoms with Gasteiger partial charge in [-0.3, -0.25) is 14.9 Å². The Bertz CT molecular complexity index is 1160. The summed E-state index contributed by atoms with van der Waals surface area (Å²) in [6, 6.07) is 12.9. The van der Waals surface area contributed by atoms with E-state index in [2.05, 4.69) is 20.6 Å². The van der Waals surface area contributed by atoms with Crippen LogP contribution in [0, 0.1) is 0 Å². The molecule has 0 unspecified atom stereocenters. The summed E-state index contributed by atoms with van der Waals surface area (Å²) in [4.78, 5) is 32.2. The number of aromatic nitrogens is 2. The second kappa shape index (κ2) is 7.64. The molecule has 4 aromatic rings. The zero-order valence-electron chi connectivity index (χ0n) is 15.4. The van der Waals surface area contributed by atoms with Gasteiger partial charge in [0.25, 0.3) is 11.8 Å². The van der Waals surface area contributed by atoms with Crippen molar-refractivity contribution in [2.75, 3.05) is 19.0 Å². The molecule has 9 nitrogen and oxygen atoms in total. The SMILES string of the molecule is COc1cccc2cc(C(=O)N[C@@H](CO)C(=O)Nc3nc4ccccc4[nH]3)oc12. The Labute approximate surface area is 164 Å². The minimum atomic E-state index is -1.19. The number of aromatic amines is 1. The van der Waals surface area contributed by atoms with Gasteiger partial charge in [0.2, 0.25) is 5.95 Å². The van der Waals surface area contributed by atoms with Crippen LogP contribution in [0.5, 0.6) is 5.75 Å². The quantitative estimate of drug-likeness (QED) is 0.396. The highest BCUT2D eigenvalue weighted by Gasteiger charge is 2.24. The highest BCUT2D eigenvalue weighted by Crippen LogP contribution is 2.28. The number of imidazole rings is 1. The molecule has 0 radical (unpaired) electrons. The van der Waals surface area contributed by atoms with Crippen molar-refractivity contribution >= 4 is 39.8 Å². The third-order valence-corrected chi connectivity index (χ3v) is 4.39. The lowest BCUT2D eigenvalue weighted by molar-refractivity contribution is -0.118. The molecular weight excluding hydrogens is 376 g/mol. The summed E-state index contributed by atoms with van der Waals surface area (Å²) >= 11 is 0. The van der Waals surface area contributed by atoms with Crippen molar-refractivity contribution < 1.29 is 23.8 Å². The number of methoxy groups -OCH3 is 1. The van der Waals surface area contributed by atoms with Crippen LogP contribution in [-0.2, 0) is 4.79 Å². The average Bonchev–Trinajstić information content (AvgIpc) is 3.34. The second-order valence-corrected chi connectivity index (χ2v) is 6.29. The number of hydrogen-bond donors (Lipinski definition) is 4. The number of rotatable bonds is 6. The first-order valence-electron chi connectivity index (χ1n) is 8.83. The Morgan fingerprint density at radius 3 is 2.83 bits per heavy atom. The largest absolute Gasteiger partial charge is 0.493 e. The summed E-state index contributed by atoms with van der Waals surface area (Å²) in [6.07, 6.45) is 0. The number of amides is 2. The van der Waals surface area contributed by atoms with E-state index in [1.54, 1.807) is 30.3 Å². The monoisotopic (exact) mass is 394 g/mol. The van der Waals surface area contributed by atoms with Gasteiger partial charge in [-0.1, -0.05) is 24.3 Å².